The Balaban J connectivity index is 1.49. The third-order valence-corrected chi connectivity index (χ3v) is 6.74. The highest BCUT2D eigenvalue weighted by atomic mass is 16.5. The number of methoxy groups -OCH3 is 1. The van der Waals surface area contributed by atoms with Gasteiger partial charge in [0.15, 0.2) is 0 Å². The molecule has 4 rings (SSSR count). The van der Waals surface area contributed by atoms with Crippen molar-refractivity contribution in [1.29, 1.82) is 0 Å². The maximum Gasteiger partial charge on any atom is 0.248 e. The van der Waals surface area contributed by atoms with Crippen LogP contribution in [0.25, 0.3) is 0 Å². The second-order valence-corrected chi connectivity index (χ2v) is 9.50. The Morgan fingerprint density at radius 3 is 2.05 bits per heavy atom. The van der Waals surface area contributed by atoms with Crippen LogP contribution < -0.4 is 15.2 Å². The molecule has 0 aliphatic rings. The van der Waals surface area contributed by atoms with E-state index in [-0.39, 0.29) is 5.92 Å². The highest BCUT2D eigenvalue weighted by Gasteiger charge is 2.19. The van der Waals surface area contributed by atoms with Crippen LogP contribution in [0.5, 0.6) is 11.5 Å². The van der Waals surface area contributed by atoms with E-state index in [1.165, 1.54) is 16.7 Å². The molecule has 0 aromatic heterocycles. The molecule has 38 heavy (non-hydrogen) atoms. The molecule has 0 atom stereocenters. The number of carbonyl (C=O) groups is 1. The predicted octanol–water partition coefficient (Wildman–Crippen LogP) is 6.21. The molecule has 0 unspecified atom stereocenters. The van der Waals surface area contributed by atoms with Crippen molar-refractivity contribution in [2.75, 3.05) is 26.8 Å². The second-order valence-electron chi connectivity index (χ2n) is 9.50. The van der Waals surface area contributed by atoms with E-state index in [4.69, 9.17) is 15.2 Å². The molecule has 0 radical (unpaired) electrons. The molecule has 0 saturated carbocycles. The molecule has 0 spiro atoms. The average Bonchev–Trinajstić information content (AvgIpc) is 2.95. The van der Waals surface area contributed by atoms with E-state index in [0.717, 1.165) is 43.1 Å². The van der Waals surface area contributed by atoms with Crippen molar-refractivity contribution in [1.82, 2.24) is 4.90 Å². The number of amides is 1. The monoisotopic (exact) mass is 508 g/mol. The minimum Gasteiger partial charge on any atom is -0.496 e. The van der Waals surface area contributed by atoms with Gasteiger partial charge >= 0.3 is 0 Å². The summed E-state index contributed by atoms with van der Waals surface area (Å²) in [5.74, 6) is 1.45. The lowest BCUT2D eigenvalue weighted by atomic mass is 9.90. The lowest BCUT2D eigenvalue weighted by Gasteiger charge is -2.29. The van der Waals surface area contributed by atoms with Crippen LogP contribution in [0, 0.1) is 6.92 Å². The fourth-order valence-corrected chi connectivity index (χ4v) is 4.76. The summed E-state index contributed by atoms with van der Waals surface area (Å²) < 4.78 is 11.4. The number of nitrogens with two attached hydrogens (primary N) is 1. The quantitative estimate of drug-likeness (QED) is 0.218. The number of nitrogens with zero attached hydrogens (tertiary/aromatic N) is 1. The molecule has 0 aliphatic carbocycles. The first-order chi connectivity index (χ1) is 18.5. The fraction of sp³-hybridized carbons (Fsp3) is 0.242. The van der Waals surface area contributed by atoms with Crippen LogP contribution in [0.2, 0.25) is 0 Å². The Labute approximate surface area is 225 Å². The van der Waals surface area contributed by atoms with E-state index in [1.54, 1.807) is 31.4 Å². The Kier molecular flexibility index (Phi) is 9.54. The Bertz CT molecular complexity index is 1250. The van der Waals surface area contributed by atoms with E-state index < -0.39 is 5.91 Å². The topological polar surface area (TPSA) is 64.8 Å². The number of ether oxygens (including phenoxy) is 2. The van der Waals surface area contributed by atoms with Crippen molar-refractivity contribution in [3.05, 3.63) is 131 Å². The van der Waals surface area contributed by atoms with Gasteiger partial charge in [-0.05, 0) is 65.9 Å². The third kappa shape index (κ3) is 7.46. The van der Waals surface area contributed by atoms with Crippen LogP contribution in [-0.4, -0.2) is 37.6 Å². The molecule has 0 fully saturated rings. The summed E-state index contributed by atoms with van der Waals surface area (Å²) in [4.78, 5) is 13.8. The van der Waals surface area contributed by atoms with Gasteiger partial charge in [-0.15, -0.1) is 0 Å². The number of hydrogen-bond acceptors (Lipinski definition) is 4. The van der Waals surface area contributed by atoms with Crippen LogP contribution in [0.15, 0.2) is 103 Å². The predicted molar refractivity (Wildman–Crippen MR) is 153 cm³/mol. The van der Waals surface area contributed by atoms with Crippen LogP contribution in [0.1, 0.15) is 45.0 Å². The van der Waals surface area contributed by atoms with Crippen molar-refractivity contribution in [2.24, 2.45) is 5.73 Å². The van der Waals surface area contributed by atoms with Gasteiger partial charge in [0.05, 0.1) is 13.7 Å². The maximum absolute atomic E-state index is 11.3. The highest BCUT2D eigenvalue weighted by molar-refractivity contribution is 5.92. The van der Waals surface area contributed by atoms with Gasteiger partial charge in [0.2, 0.25) is 5.91 Å². The molecule has 196 valence electrons. The molecule has 1 amide bonds. The van der Waals surface area contributed by atoms with Gasteiger partial charge in [-0.2, -0.15) is 0 Å². The summed E-state index contributed by atoms with van der Waals surface area (Å²) in [5, 5.41) is 0. The molecule has 0 aliphatic heterocycles. The second kappa shape index (κ2) is 13.5. The summed E-state index contributed by atoms with van der Waals surface area (Å²) in [7, 11) is 1.71. The number of rotatable bonds is 13. The molecule has 4 aromatic rings. The van der Waals surface area contributed by atoms with Crippen LogP contribution in [0.4, 0.5) is 0 Å². The zero-order valence-corrected chi connectivity index (χ0v) is 22.2. The number of aryl methyl sites for hydroxylation is 1. The summed E-state index contributed by atoms with van der Waals surface area (Å²) >= 11 is 0. The number of hydrogen-bond donors (Lipinski definition) is 1. The SMILES string of the molecule is COc1ccc(CN(CCCOc2ccc(C(N)=O)cc2)CC(c2ccccc2)c2ccccc2)cc1C. The van der Waals surface area contributed by atoms with E-state index in [1.807, 2.05) is 6.07 Å². The number of benzene rings is 4. The van der Waals surface area contributed by atoms with E-state index >= 15 is 0 Å². The zero-order chi connectivity index (χ0) is 26.7. The Hall–Kier alpha value is -4.09. The van der Waals surface area contributed by atoms with E-state index in [9.17, 15) is 4.79 Å². The van der Waals surface area contributed by atoms with Crippen LogP contribution in [0.3, 0.4) is 0 Å². The van der Waals surface area contributed by atoms with Gasteiger partial charge in [-0.25, -0.2) is 0 Å². The lowest BCUT2D eigenvalue weighted by Crippen LogP contribution is -2.30. The van der Waals surface area contributed by atoms with E-state index in [0.29, 0.717) is 12.2 Å². The molecule has 5 nitrogen and oxygen atoms in total. The van der Waals surface area contributed by atoms with Crippen molar-refractivity contribution in [3.63, 3.8) is 0 Å². The normalized spacial score (nSPS) is 11.1. The minimum absolute atomic E-state index is 0.249. The standard InChI is InChI=1S/C33H36N2O3/c1-25-22-26(14-19-32(25)37-2)23-35(20-9-21-38-30-17-15-29(16-18-30)33(34)36)24-31(27-10-5-3-6-11-27)28-12-7-4-8-13-28/h3-8,10-19,22,31H,9,20-21,23-24H2,1-2H3,(H2,34,36). The molecular weight excluding hydrogens is 472 g/mol. The zero-order valence-electron chi connectivity index (χ0n) is 22.2. The fourth-order valence-electron chi connectivity index (χ4n) is 4.76. The molecule has 4 aromatic carbocycles. The average molecular weight is 509 g/mol. The first kappa shape index (κ1) is 27.0. The summed E-state index contributed by atoms with van der Waals surface area (Å²) in [5.41, 5.74) is 10.8. The van der Waals surface area contributed by atoms with Gasteiger partial charge in [-0.1, -0.05) is 72.8 Å². The van der Waals surface area contributed by atoms with Crippen LogP contribution in [-0.2, 0) is 6.54 Å². The number of primary amides is 1. The summed E-state index contributed by atoms with van der Waals surface area (Å²) in [6.45, 7) is 5.25. The van der Waals surface area contributed by atoms with Gasteiger partial charge in [0.25, 0.3) is 0 Å². The van der Waals surface area contributed by atoms with Crippen molar-refractivity contribution >= 4 is 5.91 Å². The van der Waals surface area contributed by atoms with Gasteiger partial charge in [-0.3, -0.25) is 9.69 Å². The molecule has 0 bridgehead atoms. The van der Waals surface area contributed by atoms with Crippen LogP contribution >= 0.6 is 0 Å². The van der Waals surface area contributed by atoms with Crippen molar-refractivity contribution in [3.8, 4) is 11.5 Å². The largest absolute Gasteiger partial charge is 0.496 e. The Morgan fingerprint density at radius 1 is 0.868 bits per heavy atom. The van der Waals surface area contributed by atoms with Gasteiger partial charge in [0.1, 0.15) is 11.5 Å². The first-order valence-electron chi connectivity index (χ1n) is 13.0. The highest BCUT2D eigenvalue weighted by Crippen LogP contribution is 2.27. The van der Waals surface area contributed by atoms with Gasteiger partial charge in [0, 0.05) is 31.1 Å². The van der Waals surface area contributed by atoms with Crippen molar-refractivity contribution in [2.45, 2.75) is 25.8 Å². The smallest absolute Gasteiger partial charge is 0.248 e. The molecule has 0 heterocycles. The number of carbonyl (C=O) groups excluding carboxylic acids is 1. The molecule has 5 heteroatoms. The van der Waals surface area contributed by atoms with Gasteiger partial charge < -0.3 is 15.2 Å². The molecule has 0 saturated heterocycles. The lowest BCUT2D eigenvalue weighted by molar-refractivity contribution is 0.1000. The maximum atomic E-state index is 11.3. The van der Waals surface area contributed by atoms with Crippen molar-refractivity contribution < 1.29 is 14.3 Å². The summed E-state index contributed by atoms with van der Waals surface area (Å²) in [6, 6.07) is 34.8. The molecule has 2 N–H and O–H groups in total. The summed E-state index contributed by atoms with van der Waals surface area (Å²) in [6.07, 6.45) is 0.864. The van der Waals surface area contributed by atoms with E-state index in [2.05, 4.69) is 84.6 Å². The first-order valence-corrected chi connectivity index (χ1v) is 13.0. The third-order valence-electron chi connectivity index (χ3n) is 6.74. The minimum atomic E-state index is -0.438. The molecular formula is C33H36N2O3. The Morgan fingerprint density at radius 2 is 1.50 bits per heavy atom.